The van der Waals surface area contributed by atoms with E-state index in [4.69, 9.17) is 10.5 Å². The summed E-state index contributed by atoms with van der Waals surface area (Å²) in [6.45, 7) is 2.57. The van der Waals surface area contributed by atoms with Crippen molar-refractivity contribution in [1.82, 2.24) is 0 Å². The van der Waals surface area contributed by atoms with E-state index >= 15 is 0 Å². The number of hydrogen-bond acceptors (Lipinski definition) is 3. The van der Waals surface area contributed by atoms with Crippen LogP contribution in [0.2, 0.25) is 0 Å². The topological polar surface area (TPSA) is 52.3 Å². The molecule has 0 fully saturated rings. The Morgan fingerprint density at radius 1 is 1.44 bits per heavy atom. The van der Waals surface area contributed by atoms with Crippen molar-refractivity contribution in [3.8, 4) is 0 Å². The van der Waals surface area contributed by atoms with E-state index in [1.807, 2.05) is 31.2 Å². The van der Waals surface area contributed by atoms with Crippen molar-refractivity contribution in [3.05, 3.63) is 35.4 Å². The lowest BCUT2D eigenvalue weighted by Crippen LogP contribution is -2.31. The number of hydrogen-bond donors (Lipinski definition) is 1. The van der Waals surface area contributed by atoms with Crippen molar-refractivity contribution in [1.29, 1.82) is 0 Å². The van der Waals surface area contributed by atoms with Gasteiger partial charge in [0.1, 0.15) is 0 Å². The molecule has 88 valence electrons. The summed E-state index contributed by atoms with van der Waals surface area (Å²) in [6.07, 6.45) is 1.48. The molecule has 0 aliphatic carbocycles. The first-order chi connectivity index (χ1) is 7.66. The summed E-state index contributed by atoms with van der Waals surface area (Å²) in [5, 5.41) is 0. The monoisotopic (exact) mass is 221 g/mol. The van der Waals surface area contributed by atoms with E-state index in [9.17, 15) is 4.79 Å². The predicted octanol–water partition coefficient (Wildman–Crippen LogP) is 1.93. The molecule has 0 amide bonds. The van der Waals surface area contributed by atoms with Crippen LogP contribution < -0.4 is 5.73 Å². The van der Waals surface area contributed by atoms with Gasteiger partial charge in [-0.1, -0.05) is 24.3 Å². The van der Waals surface area contributed by atoms with E-state index in [-0.39, 0.29) is 5.78 Å². The Kier molecular flexibility index (Phi) is 5.15. The first-order valence-corrected chi connectivity index (χ1v) is 5.51. The normalized spacial score (nSPS) is 12.4. The van der Waals surface area contributed by atoms with Gasteiger partial charge in [-0.25, -0.2) is 0 Å². The van der Waals surface area contributed by atoms with Gasteiger partial charge in [0, 0.05) is 19.3 Å². The van der Waals surface area contributed by atoms with Crippen molar-refractivity contribution in [2.45, 2.75) is 25.8 Å². The molecule has 0 aliphatic rings. The highest BCUT2D eigenvalue weighted by Crippen LogP contribution is 2.11. The second kappa shape index (κ2) is 6.40. The number of benzene rings is 1. The Bertz CT molecular complexity index is 350. The minimum atomic E-state index is -0.420. The molecular formula is C13H19NO2. The van der Waals surface area contributed by atoms with Crippen LogP contribution >= 0.6 is 0 Å². The molecule has 1 rings (SSSR count). The molecule has 1 aromatic rings. The van der Waals surface area contributed by atoms with Gasteiger partial charge in [-0.05, 0) is 25.3 Å². The van der Waals surface area contributed by atoms with Gasteiger partial charge in [0.25, 0.3) is 0 Å². The second-order valence-electron chi connectivity index (χ2n) is 3.92. The minimum Gasteiger partial charge on any atom is -0.385 e. The summed E-state index contributed by atoms with van der Waals surface area (Å²) in [4.78, 5) is 12.0. The third-order valence-corrected chi connectivity index (χ3v) is 2.61. The number of rotatable bonds is 6. The standard InChI is InChI=1S/C13H19NO2/c1-10-6-3-4-7-11(10)13(15)12(14)8-5-9-16-2/h3-4,6-7,12H,5,8-9,14H2,1-2H3. The molecule has 3 nitrogen and oxygen atoms in total. The zero-order valence-electron chi connectivity index (χ0n) is 9.90. The van der Waals surface area contributed by atoms with Gasteiger partial charge in [-0.15, -0.1) is 0 Å². The Balaban J connectivity index is 2.60. The van der Waals surface area contributed by atoms with E-state index < -0.39 is 6.04 Å². The van der Waals surface area contributed by atoms with Crippen LogP contribution in [0, 0.1) is 6.92 Å². The quantitative estimate of drug-likeness (QED) is 0.590. The fourth-order valence-corrected chi connectivity index (χ4v) is 1.63. The van der Waals surface area contributed by atoms with E-state index in [1.165, 1.54) is 0 Å². The van der Waals surface area contributed by atoms with Crippen molar-refractivity contribution < 1.29 is 9.53 Å². The van der Waals surface area contributed by atoms with E-state index in [0.29, 0.717) is 13.0 Å². The Labute approximate surface area is 96.6 Å². The second-order valence-corrected chi connectivity index (χ2v) is 3.92. The molecule has 0 spiro atoms. The summed E-state index contributed by atoms with van der Waals surface area (Å²) in [5.74, 6) is 0.0224. The van der Waals surface area contributed by atoms with Crippen LogP contribution in [0.5, 0.6) is 0 Å². The van der Waals surface area contributed by atoms with Crippen LogP contribution in [0.3, 0.4) is 0 Å². The molecule has 1 atom stereocenters. The number of ketones is 1. The summed E-state index contributed by atoms with van der Waals surface area (Å²) < 4.78 is 4.93. The molecule has 3 heteroatoms. The molecule has 0 bridgehead atoms. The number of Topliss-reactive ketones (excluding diaryl/α,β-unsaturated/α-hetero) is 1. The van der Waals surface area contributed by atoms with E-state index in [2.05, 4.69) is 0 Å². The highest BCUT2D eigenvalue weighted by Gasteiger charge is 2.16. The molecule has 0 saturated heterocycles. The fraction of sp³-hybridized carbons (Fsp3) is 0.462. The number of methoxy groups -OCH3 is 1. The lowest BCUT2D eigenvalue weighted by Gasteiger charge is -2.11. The van der Waals surface area contributed by atoms with Crippen molar-refractivity contribution in [3.63, 3.8) is 0 Å². The molecule has 0 heterocycles. The van der Waals surface area contributed by atoms with Crippen LogP contribution in [-0.4, -0.2) is 25.5 Å². The lowest BCUT2D eigenvalue weighted by molar-refractivity contribution is 0.0950. The Hall–Kier alpha value is -1.19. The zero-order chi connectivity index (χ0) is 12.0. The largest absolute Gasteiger partial charge is 0.385 e. The van der Waals surface area contributed by atoms with Crippen LogP contribution in [0.1, 0.15) is 28.8 Å². The zero-order valence-corrected chi connectivity index (χ0v) is 9.90. The Morgan fingerprint density at radius 2 is 2.12 bits per heavy atom. The minimum absolute atomic E-state index is 0.0224. The Morgan fingerprint density at radius 3 is 2.75 bits per heavy atom. The number of carbonyl (C=O) groups excluding carboxylic acids is 1. The lowest BCUT2D eigenvalue weighted by atomic mass is 9.97. The number of carbonyl (C=O) groups is 1. The first kappa shape index (κ1) is 12.9. The number of nitrogens with two attached hydrogens (primary N) is 1. The number of ether oxygens (including phenoxy) is 1. The third-order valence-electron chi connectivity index (χ3n) is 2.61. The van der Waals surface area contributed by atoms with Gasteiger partial charge in [-0.3, -0.25) is 4.79 Å². The average Bonchev–Trinajstić information content (AvgIpc) is 2.29. The third kappa shape index (κ3) is 3.43. The molecule has 2 N–H and O–H groups in total. The molecule has 0 aliphatic heterocycles. The van der Waals surface area contributed by atoms with Crippen LogP contribution in [0.25, 0.3) is 0 Å². The molecule has 0 saturated carbocycles. The van der Waals surface area contributed by atoms with Gasteiger partial charge < -0.3 is 10.5 Å². The van der Waals surface area contributed by atoms with Crippen LogP contribution in [-0.2, 0) is 4.74 Å². The fourth-order valence-electron chi connectivity index (χ4n) is 1.63. The molecule has 16 heavy (non-hydrogen) atoms. The highest BCUT2D eigenvalue weighted by atomic mass is 16.5. The summed E-state index contributed by atoms with van der Waals surface area (Å²) >= 11 is 0. The molecule has 0 radical (unpaired) electrons. The smallest absolute Gasteiger partial charge is 0.179 e. The van der Waals surface area contributed by atoms with Gasteiger partial charge in [0.05, 0.1) is 6.04 Å². The SMILES string of the molecule is COCCCC(N)C(=O)c1ccccc1C. The molecule has 1 unspecified atom stereocenters. The van der Waals surface area contributed by atoms with Gasteiger partial charge >= 0.3 is 0 Å². The van der Waals surface area contributed by atoms with Crippen LogP contribution in [0.4, 0.5) is 0 Å². The maximum atomic E-state index is 12.0. The highest BCUT2D eigenvalue weighted by molar-refractivity contribution is 6.01. The van der Waals surface area contributed by atoms with Gasteiger partial charge in [0.2, 0.25) is 0 Å². The predicted molar refractivity (Wildman–Crippen MR) is 64.6 cm³/mol. The van der Waals surface area contributed by atoms with E-state index in [1.54, 1.807) is 7.11 Å². The van der Waals surface area contributed by atoms with Gasteiger partial charge in [0.15, 0.2) is 5.78 Å². The first-order valence-electron chi connectivity index (χ1n) is 5.51. The average molecular weight is 221 g/mol. The van der Waals surface area contributed by atoms with Crippen LogP contribution in [0.15, 0.2) is 24.3 Å². The molecule has 1 aromatic carbocycles. The summed E-state index contributed by atoms with van der Waals surface area (Å²) in [5.41, 5.74) is 7.56. The van der Waals surface area contributed by atoms with Crippen molar-refractivity contribution in [2.75, 3.05) is 13.7 Å². The maximum absolute atomic E-state index is 12.0. The summed E-state index contributed by atoms with van der Waals surface area (Å²) in [6, 6.07) is 7.12. The molecule has 0 aromatic heterocycles. The van der Waals surface area contributed by atoms with Crippen molar-refractivity contribution in [2.24, 2.45) is 5.73 Å². The maximum Gasteiger partial charge on any atom is 0.179 e. The number of aryl methyl sites for hydroxylation is 1. The molecular weight excluding hydrogens is 202 g/mol. The summed E-state index contributed by atoms with van der Waals surface area (Å²) in [7, 11) is 1.65. The van der Waals surface area contributed by atoms with Gasteiger partial charge in [-0.2, -0.15) is 0 Å². The van der Waals surface area contributed by atoms with Crippen molar-refractivity contribution >= 4 is 5.78 Å². The van der Waals surface area contributed by atoms with E-state index in [0.717, 1.165) is 17.5 Å².